The fourth-order valence-electron chi connectivity index (χ4n) is 1.52. The van der Waals surface area contributed by atoms with Crippen LogP contribution < -0.4 is 16.2 Å². The van der Waals surface area contributed by atoms with E-state index >= 15 is 0 Å². The number of nitrogens with two attached hydrogens (primary N) is 2. The van der Waals surface area contributed by atoms with Crippen molar-refractivity contribution in [3.63, 3.8) is 0 Å². The van der Waals surface area contributed by atoms with E-state index in [1.807, 2.05) is 19.9 Å². The Kier molecular flexibility index (Phi) is 4.90. The lowest BCUT2D eigenvalue weighted by Gasteiger charge is -2.16. The Bertz CT molecular complexity index is 393. The van der Waals surface area contributed by atoms with Gasteiger partial charge in [0.25, 0.3) is 5.91 Å². The molecule has 1 heterocycles. The maximum atomic E-state index is 11.1. The minimum absolute atomic E-state index is 0.466. The molecule has 1 rings (SSSR count). The molecule has 1 aromatic rings. The molecule has 0 aromatic carbocycles. The van der Waals surface area contributed by atoms with Gasteiger partial charge in [-0.1, -0.05) is 6.92 Å². The number of hydrogen-bond donors (Lipinski definition) is 2. The van der Waals surface area contributed by atoms with E-state index in [1.54, 1.807) is 6.07 Å². The second kappa shape index (κ2) is 6.20. The van der Waals surface area contributed by atoms with Crippen LogP contribution in [0.25, 0.3) is 0 Å². The van der Waals surface area contributed by atoms with Gasteiger partial charge >= 0.3 is 0 Å². The quantitative estimate of drug-likeness (QED) is 0.755. The van der Waals surface area contributed by atoms with Crippen LogP contribution in [0, 0.1) is 6.92 Å². The molecule has 0 saturated carbocycles. The summed E-state index contributed by atoms with van der Waals surface area (Å²) in [6.07, 6.45) is 0.535. The Balaban J connectivity index is 2.92. The monoisotopic (exact) mass is 237 g/mol. The molecule has 4 N–H and O–H groups in total. The maximum Gasteiger partial charge on any atom is 0.258 e. The smallest absolute Gasteiger partial charge is 0.258 e. The van der Waals surface area contributed by atoms with Gasteiger partial charge in [0.05, 0.1) is 5.69 Å². The summed E-state index contributed by atoms with van der Waals surface area (Å²) in [7, 11) is 0. The van der Waals surface area contributed by atoms with Crippen molar-refractivity contribution in [3.05, 3.63) is 23.5 Å². The molecule has 5 heteroatoms. The summed E-state index contributed by atoms with van der Waals surface area (Å²) < 4.78 is 5.57. The Hall–Kier alpha value is -1.62. The Morgan fingerprint density at radius 1 is 1.53 bits per heavy atom. The third kappa shape index (κ3) is 3.71. The summed E-state index contributed by atoms with van der Waals surface area (Å²) in [5.74, 6) is 0.124. The van der Waals surface area contributed by atoms with Crippen LogP contribution in [0.2, 0.25) is 0 Å². The SMILES string of the molecule is CCC(Oc1ccc(C)nc1CCN)C(N)=O. The predicted octanol–water partition coefficient (Wildman–Crippen LogP) is 0.534. The second-order valence-electron chi connectivity index (χ2n) is 3.85. The number of aryl methyl sites for hydroxylation is 1. The summed E-state index contributed by atoms with van der Waals surface area (Å²) in [5, 5.41) is 0. The molecule has 0 saturated heterocycles. The molecule has 1 amide bonds. The van der Waals surface area contributed by atoms with E-state index in [-0.39, 0.29) is 0 Å². The Morgan fingerprint density at radius 3 is 2.76 bits per heavy atom. The van der Waals surface area contributed by atoms with Gasteiger partial charge < -0.3 is 16.2 Å². The van der Waals surface area contributed by atoms with Crippen LogP contribution in [0.4, 0.5) is 0 Å². The number of pyridine rings is 1. The van der Waals surface area contributed by atoms with Crippen molar-refractivity contribution in [2.24, 2.45) is 11.5 Å². The van der Waals surface area contributed by atoms with Crippen molar-refractivity contribution in [2.75, 3.05) is 6.54 Å². The highest BCUT2D eigenvalue weighted by Crippen LogP contribution is 2.19. The molecule has 0 aliphatic heterocycles. The molecule has 1 aromatic heterocycles. The van der Waals surface area contributed by atoms with Gasteiger partial charge in [0, 0.05) is 12.1 Å². The summed E-state index contributed by atoms with van der Waals surface area (Å²) >= 11 is 0. The third-order valence-electron chi connectivity index (χ3n) is 2.41. The average Bonchev–Trinajstić information content (AvgIpc) is 2.28. The van der Waals surface area contributed by atoms with E-state index in [0.29, 0.717) is 25.1 Å². The van der Waals surface area contributed by atoms with Gasteiger partial charge in [-0.15, -0.1) is 0 Å². The molecule has 0 bridgehead atoms. The minimum Gasteiger partial charge on any atom is -0.479 e. The fraction of sp³-hybridized carbons (Fsp3) is 0.500. The summed E-state index contributed by atoms with van der Waals surface area (Å²) in [6.45, 7) is 4.23. The van der Waals surface area contributed by atoms with Gasteiger partial charge in [-0.3, -0.25) is 9.78 Å². The van der Waals surface area contributed by atoms with Crippen molar-refractivity contribution in [3.8, 4) is 5.75 Å². The third-order valence-corrected chi connectivity index (χ3v) is 2.41. The Labute approximate surface area is 101 Å². The lowest BCUT2D eigenvalue weighted by molar-refractivity contribution is -0.124. The number of aromatic nitrogens is 1. The van der Waals surface area contributed by atoms with E-state index in [2.05, 4.69) is 4.98 Å². The van der Waals surface area contributed by atoms with Gasteiger partial charge in [-0.05, 0) is 32.0 Å². The summed E-state index contributed by atoms with van der Waals surface area (Å²) in [5.41, 5.74) is 12.4. The van der Waals surface area contributed by atoms with Crippen LogP contribution in [0.15, 0.2) is 12.1 Å². The van der Waals surface area contributed by atoms with E-state index in [4.69, 9.17) is 16.2 Å². The van der Waals surface area contributed by atoms with Crippen molar-refractivity contribution in [2.45, 2.75) is 32.8 Å². The molecule has 5 nitrogen and oxygen atoms in total. The highest BCUT2D eigenvalue weighted by molar-refractivity contribution is 5.79. The van der Waals surface area contributed by atoms with Crippen LogP contribution in [0.1, 0.15) is 24.7 Å². The Morgan fingerprint density at radius 2 is 2.24 bits per heavy atom. The number of nitrogens with zero attached hydrogens (tertiary/aromatic N) is 1. The first-order chi connectivity index (χ1) is 8.08. The summed E-state index contributed by atoms with van der Waals surface area (Å²) in [6, 6.07) is 3.64. The number of amides is 1. The first-order valence-corrected chi connectivity index (χ1v) is 5.71. The normalized spacial score (nSPS) is 12.2. The molecule has 0 radical (unpaired) electrons. The van der Waals surface area contributed by atoms with Gasteiger partial charge in [0.1, 0.15) is 5.75 Å². The predicted molar refractivity (Wildman–Crippen MR) is 65.6 cm³/mol. The van der Waals surface area contributed by atoms with Crippen molar-refractivity contribution in [1.82, 2.24) is 4.98 Å². The average molecular weight is 237 g/mol. The fourth-order valence-corrected chi connectivity index (χ4v) is 1.52. The molecule has 0 aliphatic carbocycles. The van der Waals surface area contributed by atoms with Crippen molar-refractivity contribution < 1.29 is 9.53 Å². The minimum atomic E-state index is -0.615. The van der Waals surface area contributed by atoms with Crippen molar-refractivity contribution >= 4 is 5.91 Å². The standard InChI is InChI=1S/C12H19N3O2/c1-3-10(12(14)16)17-11-5-4-8(2)15-9(11)6-7-13/h4-5,10H,3,6-7,13H2,1-2H3,(H2,14,16). The zero-order valence-corrected chi connectivity index (χ0v) is 10.3. The first kappa shape index (κ1) is 13.4. The van der Waals surface area contributed by atoms with Gasteiger partial charge in [0.2, 0.25) is 0 Å². The van der Waals surface area contributed by atoms with E-state index in [0.717, 1.165) is 11.4 Å². The van der Waals surface area contributed by atoms with Crippen LogP contribution >= 0.6 is 0 Å². The first-order valence-electron chi connectivity index (χ1n) is 5.71. The molecule has 0 fully saturated rings. The second-order valence-corrected chi connectivity index (χ2v) is 3.85. The van der Waals surface area contributed by atoms with E-state index in [9.17, 15) is 4.79 Å². The molecule has 0 spiro atoms. The number of primary amides is 1. The number of carbonyl (C=O) groups excluding carboxylic acids is 1. The van der Waals surface area contributed by atoms with Crippen LogP contribution in [0.3, 0.4) is 0 Å². The number of ether oxygens (including phenoxy) is 1. The van der Waals surface area contributed by atoms with E-state index < -0.39 is 12.0 Å². The molecular formula is C12H19N3O2. The summed E-state index contributed by atoms with van der Waals surface area (Å²) in [4.78, 5) is 15.5. The maximum absolute atomic E-state index is 11.1. The molecule has 1 atom stereocenters. The molecule has 1 unspecified atom stereocenters. The molecular weight excluding hydrogens is 218 g/mol. The largest absolute Gasteiger partial charge is 0.479 e. The van der Waals surface area contributed by atoms with Gasteiger partial charge in [-0.25, -0.2) is 0 Å². The lowest BCUT2D eigenvalue weighted by Crippen LogP contribution is -2.33. The topological polar surface area (TPSA) is 91.2 Å². The van der Waals surface area contributed by atoms with Crippen LogP contribution in [-0.4, -0.2) is 23.5 Å². The van der Waals surface area contributed by atoms with Crippen LogP contribution in [0.5, 0.6) is 5.75 Å². The highest BCUT2D eigenvalue weighted by Gasteiger charge is 2.16. The number of carbonyl (C=O) groups is 1. The molecule has 0 aliphatic rings. The van der Waals surface area contributed by atoms with Gasteiger partial charge in [-0.2, -0.15) is 0 Å². The highest BCUT2D eigenvalue weighted by atomic mass is 16.5. The number of rotatable bonds is 6. The molecule has 94 valence electrons. The zero-order valence-electron chi connectivity index (χ0n) is 10.3. The lowest BCUT2D eigenvalue weighted by atomic mass is 10.2. The van der Waals surface area contributed by atoms with E-state index in [1.165, 1.54) is 0 Å². The number of hydrogen-bond acceptors (Lipinski definition) is 4. The molecule has 17 heavy (non-hydrogen) atoms. The van der Waals surface area contributed by atoms with Crippen molar-refractivity contribution in [1.29, 1.82) is 0 Å². The van der Waals surface area contributed by atoms with Gasteiger partial charge in [0.15, 0.2) is 6.10 Å². The van der Waals surface area contributed by atoms with Crippen LogP contribution in [-0.2, 0) is 11.2 Å². The zero-order chi connectivity index (χ0) is 12.8.